The molecule has 2 aliphatic rings. The van der Waals surface area contributed by atoms with Crippen molar-refractivity contribution in [1.82, 2.24) is 9.97 Å². The van der Waals surface area contributed by atoms with E-state index in [1.54, 1.807) is 0 Å². The highest BCUT2D eigenvalue weighted by Crippen LogP contribution is 2.50. The van der Waals surface area contributed by atoms with E-state index in [0.717, 1.165) is 50.8 Å². The van der Waals surface area contributed by atoms with E-state index >= 15 is 0 Å². The zero-order valence-corrected chi connectivity index (χ0v) is 50.1. The Bertz CT molecular complexity index is 4260. The van der Waals surface area contributed by atoms with Crippen LogP contribution in [0.1, 0.15) is 105 Å². The van der Waals surface area contributed by atoms with Gasteiger partial charge in [0.05, 0.1) is 11.4 Å². The molecule has 12 aromatic rings. The Hall–Kier alpha value is -8.80. The van der Waals surface area contributed by atoms with Gasteiger partial charge in [0, 0.05) is 50.8 Å². The van der Waals surface area contributed by atoms with Gasteiger partial charge in [-0.2, -0.15) is 0 Å². The number of nitrogens with zero attached hydrogens (tertiary/aromatic N) is 4. The summed E-state index contributed by atoms with van der Waals surface area (Å²) >= 11 is 0. The Morgan fingerprint density at radius 2 is 0.675 bits per heavy atom. The van der Waals surface area contributed by atoms with Crippen LogP contribution in [0.25, 0.3) is 77.0 Å². The molecule has 0 fully saturated rings. The summed E-state index contributed by atoms with van der Waals surface area (Å²) in [5.41, 5.74) is 20.2. The lowest BCUT2D eigenvalue weighted by Gasteiger charge is -2.45. The van der Waals surface area contributed by atoms with Crippen molar-refractivity contribution in [2.75, 3.05) is 9.80 Å². The number of anilines is 6. The molecule has 2 aliphatic heterocycles. The molecule has 11 aromatic carbocycles. The smallest absolute Gasteiger partial charge is 0.252 e. The lowest BCUT2D eigenvalue weighted by molar-refractivity contribution is 0.568. The minimum Gasteiger partial charge on any atom is -0.311 e. The van der Waals surface area contributed by atoms with Gasteiger partial charge in [0.15, 0.2) is 5.82 Å². The van der Waals surface area contributed by atoms with Crippen LogP contribution in [-0.4, -0.2) is 16.7 Å². The summed E-state index contributed by atoms with van der Waals surface area (Å²) in [5, 5.41) is 9.89. The second-order valence-corrected chi connectivity index (χ2v) is 27.6. The molecule has 4 nitrogen and oxygen atoms in total. The number of aromatic nitrogens is 2. The van der Waals surface area contributed by atoms with Gasteiger partial charge in [-0.3, -0.25) is 0 Å². The van der Waals surface area contributed by atoms with Crippen molar-refractivity contribution in [2.24, 2.45) is 0 Å². The molecular formula is C78H71BN4. The monoisotopic (exact) mass is 1070 g/mol. The maximum absolute atomic E-state index is 5.63. The number of fused-ring (bicyclic) bond motifs is 10. The van der Waals surface area contributed by atoms with Gasteiger partial charge in [-0.05, 0) is 158 Å². The first-order valence-electron chi connectivity index (χ1n) is 29.7. The van der Waals surface area contributed by atoms with Crippen molar-refractivity contribution in [2.45, 2.75) is 105 Å². The standard InChI is InChI=1S/C78H71BN4/c1-75(2,3)55-39-56(76(4,5)6)42-59(41-55)82-69-45-63-52(33-31-48-23-19-21-29-61(48)63)35-65(69)79-66-36-53-34-32-49-24-20-22-30-62(49)64(53)46-70(66)83(60-43-57(77(7,8)9)40-58(44-60)78(10,11)12)72-38-54(37-71(82)73(72)79)68-47-67(50-25-15-13-16-26-50)80-74(81-68)51-27-17-14-18-28-51/h13-47H,1-12H3. The van der Waals surface area contributed by atoms with Crippen LogP contribution in [0.5, 0.6) is 0 Å². The van der Waals surface area contributed by atoms with E-state index in [-0.39, 0.29) is 28.4 Å². The molecule has 14 rings (SSSR count). The van der Waals surface area contributed by atoms with E-state index in [2.05, 4.69) is 305 Å². The largest absolute Gasteiger partial charge is 0.311 e. The van der Waals surface area contributed by atoms with Crippen LogP contribution in [0.3, 0.4) is 0 Å². The summed E-state index contributed by atoms with van der Waals surface area (Å²) in [6.07, 6.45) is 0. The van der Waals surface area contributed by atoms with E-state index in [1.807, 2.05) is 0 Å². The highest BCUT2D eigenvalue weighted by molar-refractivity contribution is 7.00. The van der Waals surface area contributed by atoms with Gasteiger partial charge in [-0.1, -0.05) is 241 Å². The summed E-state index contributed by atoms with van der Waals surface area (Å²) in [4.78, 5) is 16.3. The van der Waals surface area contributed by atoms with Crippen molar-refractivity contribution < 1.29 is 0 Å². The van der Waals surface area contributed by atoms with Gasteiger partial charge in [-0.15, -0.1) is 0 Å². The molecule has 0 saturated carbocycles. The zero-order chi connectivity index (χ0) is 57.5. The molecular weight excluding hydrogens is 1000 g/mol. The number of benzene rings is 11. The fraction of sp³-hybridized carbons (Fsp3) is 0.205. The lowest BCUT2D eigenvalue weighted by atomic mass is 9.33. The average Bonchev–Trinajstić information content (AvgIpc) is 0.800. The SMILES string of the molecule is CC(C)(C)c1cc(N2c3cc4c(ccc5ccccc54)cc3B3c4cc5ccc6ccccc6c5cc4N(c4cc(C(C)(C)C)cc(C(C)(C)C)c4)c4cc(-c5cc(-c6ccccc6)nc(-c6ccccc6)n5)cc2c43)cc(C(C)(C)C)c1. The fourth-order valence-electron chi connectivity index (χ4n) is 13.0. The first-order chi connectivity index (χ1) is 39.6. The van der Waals surface area contributed by atoms with Crippen LogP contribution in [0, 0.1) is 0 Å². The average molecular weight is 1080 g/mol. The lowest BCUT2D eigenvalue weighted by Crippen LogP contribution is -2.61. The van der Waals surface area contributed by atoms with Crippen LogP contribution in [0.2, 0.25) is 0 Å². The number of hydrogen-bond donors (Lipinski definition) is 0. The highest BCUT2D eigenvalue weighted by Gasteiger charge is 2.45. The minimum absolute atomic E-state index is 0.134. The second kappa shape index (κ2) is 18.9. The van der Waals surface area contributed by atoms with Crippen molar-refractivity contribution in [3.8, 4) is 33.9 Å². The molecule has 1 aromatic heterocycles. The van der Waals surface area contributed by atoms with Gasteiger partial charge >= 0.3 is 0 Å². The van der Waals surface area contributed by atoms with Crippen LogP contribution >= 0.6 is 0 Å². The third kappa shape index (κ3) is 8.99. The predicted molar refractivity (Wildman–Crippen MR) is 357 cm³/mol. The van der Waals surface area contributed by atoms with Gasteiger partial charge < -0.3 is 9.80 Å². The molecule has 0 saturated heterocycles. The third-order valence-corrected chi connectivity index (χ3v) is 17.7. The quantitative estimate of drug-likeness (QED) is 0.127. The first kappa shape index (κ1) is 52.3. The molecule has 83 heavy (non-hydrogen) atoms. The molecule has 3 heterocycles. The highest BCUT2D eigenvalue weighted by atomic mass is 15.2. The number of rotatable bonds is 5. The zero-order valence-electron chi connectivity index (χ0n) is 50.1. The Kier molecular flexibility index (Phi) is 11.9. The summed E-state index contributed by atoms with van der Waals surface area (Å²) in [5.74, 6) is 0.688. The van der Waals surface area contributed by atoms with Crippen LogP contribution in [-0.2, 0) is 21.7 Å². The molecule has 0 radical (unpaired) electrons. The van der Waals surface area contributed by atoms with Crippen LogP contribution in [0.4, 0.5) is 34.1 Å². The topological polar surface area (TPSA) is 32.3 Å². The minimum atomic E-state index is -0.149. The molecule has 0 amide bonds. The molecule has 0 bridgehead atoms. The van der Waals surface area contributed by atoms with Crippen molar-refractivity contribution in [1.29, 1.82) is 0 Å². The van der Waals surface area contributed by atoms with Crippen LogP contribution in [0.15, 0.2) is 212 Å². The maximum Gasteiger partial charge on any atom is 0.252 e. The Labute approximate surface area is 490 Å². The van der Waals surface area contributed by atoms with E-state index in [1.165, 1.54) is 93.1 Å². The van der Waals surface area contributed by atoms with Gasteiger partial charge in [-0.25, -0.2) is 9.97 Å². The first-order valence-corrected chi connectivity index (χ1v) is 29.7. The normalized spacial score (nSPS) is 13.5. The molecule has 0 aliphatic carbocycles. The molecule has 0 atom stereocenters. The Morgan fingerprint density at radius 3 is 1.10 bits per heavy atom. The predicted octanol–water partition coefficient (Wildman–Crippen LogP) is 19.4. The van der Waals surface area contributed by atoms with Crippen molar-refractivity contribution in [3.05, 3.63) is 235 Å². The Morgan fingerprint density at radius 1 is 0.301 bits per heavy atom. The van der Waals surface area contributed by atoms with Crippen LogP contribution < -0.4 is 26.2 Å². The van der Waals surface area contributed by atoms with Crippen molar-refractivity contribution in [3.63, 3.8) is 0 Å². The summed E-state index contributed by atoms with van der Waals surface area (Å²) in [6, 6.07) is 80.2. The van der Waals surface area contributed by atoms with E-state index in [4.69, 9.17) is 9.97 Å². The molecule has 5 heteroatoms. The molecule has 0 spiro atoms. The summed E-state index contributed by atoms with van der Waals surface area (Å²) < 4.78 is 0. The molecule has 406 valence electrons. The number of hydrogen-bond acceptors (Lipinski definition) is 4. The fourth-order valence-corrected chi connectivity index (χ4v) is 13.0. The summed E-state index contributed by atoms with van der Waals surface area (Å²) in [6.45, 7) is 28.1. The van der Waals surface area contributed by atoms with E-state index in [9.17, 15) is 0 Å². The summed E-state index contributed by atoms with van der Waals surface area (Å²) in [7, 11) is 0. The van der Waals surface area contributed by atoms with Gasteiger partial charge in [0.2, 0.25) is 0 Å². The molecule has 0 unspecified atom stereocenters. The third-order valence-electron chi connectivity index (χ3n) is 17.7. The molecule has 0 N–H and O–H groups in total. The second-order valence-electron chi connectivity index (χ2n) is 27.6. The van der Waals surface area contributed by atoms with Crippen molar-refractivity contribution >= 4 is 100 Å². The van der Waals surface area contributed by atoms with E-state index < -0.39 is 0 Å². The Balaban J connectivity index is 1.19. The van der Waals surface area contributed by atoms with E-state index in [0.29, 0.717) is 5.82 Å². The van der Waals surface area contributed by atoms with Gasteiger partial charge in [0.25, 0.3) is 6.71 Å². The van der Waals surface area contributed by atoms with Gasteiger partial charge in [0.1, 0.15) is 0 Å². The maximum atomic E-state index is 5.63.